The molecule has 0 spiro atoms. The van der Waals surface area contributed by atoms with Gasteiger partial charge in [-0.25, -0.2) is 0 Å². The third kappa shape index (κ3) is 2.61. The minimum Gasteiger partial charge on any atom is -0.496 e. The summed E-state index contributed by atoms with van der Waals surface area (Å²) in [5.41, 5.74) is 3.89. The van der Waals surface area contributed by atoms with Crippen molar-refractivity contribution in [3.63, 3.8) is 0 Å². The Balaban J connectivity index is 1.88. The highest BCUT2D eigenvalue weighted by Crippen LogP contribution is 2.33. The Hall–Kier alpha value is -2.00. The van der Waals surface area contributed by atoms with Crippen molar-refractivity contribution in [3.8, 4) is 5.75 Å². The average molecular weight is 302 g/mol. The number of nitrogens with zero attached hydrogens (tertiary/aromatic N) is 1. The van der Waals surface area contributed by atoms with Crippen molar-refractivity contribution in [2.45, 2.75) is 20.0 Å². The van der Waals surface area contributed by atoms with Crippen molar-refractivity contribution in [1.82, 2.24) is 4.90 Å². The number of carbonyl (C=O) groups is 1. The maximum absolute atomic E-state index is 12.6. The van der Waals surface area contributed by atoms with Crippen molar-refractivity contribution in [3.05, 3.63) is 63.7 Å². The van der Waals surface area contributed by atoms with Crippen LogP contribution in [0.25, 0.3) is 0 Å². The first-order valence-corrected chi connectivity index (χ1v) is 7.17. The Morgan fingerprint density at radius 1 is 1.24 bits per heavy atom. The van der Waals surface area contributed by atoms with E-state index in [-0.39, 0.29) is 5.91 Å². The Kier molecular flexibility index (Phi) is 3.60. The van der Waals surface area contributed by atoms with E-state index >= 15 is 0 Å². The van der Waals surface area contributed by atoms with Gasteiger partial charge in [0, 0.05) is 18.1 Å². The summed E-state index contributed by atoms with van der Waals surface area (Å²) >= 11 is 5.89. The van der Waals surface area contributed by atoms with E-state index in [0.29, 0.717) is 29.4 Å². The number of halogens is 1. The molecule has 0 atom stereocenters. The number of carbonyl (C=O) groups excluding carboxylic acids is 1. The predicted molar refractivity (Wildman–Crippen MR) is 82.8 cm³/mol. The minimum atomic E-state index is 0.0248. The number of methoxy groups -OCH3 is 1. The lowest BCUT2D eigenvalue weighted by molar-refractivity contribution is 0.0764. The molecule has 4 heteroatoms. The number of amides is 1. The summed E-state index contributed by atoms with van der Waals surface area (Å²) in [5.74, 6) is 0.686. The second-order valence-corrected chi connectivity index (χ2v) is 5.73. The third-order valence-electron chi connectivity index (χ3n) is 3.70. The minimum absolute atomic E-state index is 0.0248. The molecule has 2 aromatic rings. The highest BCUT2D eigenvalue weighted by atomic mass is 35.5. The maximum atomic E-state index is 12.6. The third-order valence-corrected chi connectivity index (χ3v) is 3.95. The number of hydrogen-bond acceptors (Lipinski definition) is 2. The van der Waals surface area contributed by atoms with Crippen molar-refractivity contribution < 1.29 is 9.53 Å². The van der Waals surface area contributed by atoms with Gasteiger partial charge in [0.25, 0.3) is 5.91 Å². The zero-order valence-corrected chi connectivity index (χ0v) is 12.8. The average Bonchev–Trinajstić information content (AvgIpc) is 2.77. The second kappa shape index (κ2) is 5.41. The summed E-state index contributed by atoms with van der Waals surface area (Å²) in [6, 6.07) is 11.5. The van der Waals surface area contributed by atoms with Gasteiger partial charge in [-0.3, -0.25) is 4.79 Å². The van der Waals surface area contributed by atoms with Gasteiger partial charge in [-0.2, -0.15) is 0 Å². The predicted octanol–water partition coefficient (Wildman–Crippen LogP) is 3.81. The summed E-state index contributed by atoms with van der Waals surface area (Å²) in [7, 11) is 1.60. The molecule has 0 N–H and O–H groups in total. The largest absolute Gasteiger partial charge is 0.496 e. The number of aryl methyl sites for hydroxylation is 1. The van der Waals surface area contributed by atoms with E-state index < -0.39 is 0 Å². The van der Waals surface area contributed by atoms with Crippen LogP contribution in [0.4, 0.5) is 0 Å². The van der Waals surface area contributed by atoms with E-state index in [0.717, 1.165) is 16.7 Å². The molecule has 21 heavy (non-hydrogen) atoms. The van der Waals surface area contributed by atoms with Crippen molar-refractivity contribution in [1.29, 1.82) is 0 Å². The van der Waals surface area contributed by atoms with Crippen LogP contribution in [0.15, 0.2) is 36.4 Å². The Labute approximate surface area is 129 Å². The zero-order chi connectivity index (χ0) is 15.0. The number of ether oxygens (including phenoxy) is 1. The SMILES string of the molecule is COc1cc(C)cc2c1C(=O)N(Cc1ccc(Cl)cc1)C2. The number of fused-ring (bicyclic) bond motifs is 1. The van der Waals surface area contributed by atoms with E-state index in [1.807, 2.05) is 42.2 Å². The maximum Gasteiger partial charge on any atom is 0.258 e. The van der Waals surface area contributed by atoms with E-state index in [1.54, 1.807) is 7.11 Å². The quantitative estimate of drug-likeness (QED) is 0.862. The van der Waals surface area contributed by atoms with Gasteiger partial charge in [0.05, 0.1) is 12.7 Å². The van der Waals surface area contributed by atoms with E-state index in [9.17, 15) is 4.79 Å². The van der Waals surface area contributed by atoms with Gasteiger partial charge in [-0.1, -0.05) is 29.8 Å². The Morgan fingerprint density at radius 3 is 2.62 bits per heavy atom. The van der Waals surface area contributed by atoms with Crippen LogP contribution in [0.5, 0.6) is 5.75 Å². The first-order valence-electron chi connectivity index (χ1n) is 6.79. The standard InChI is InChI=1S/C17H16ClNO2/c1-11-7-13-10-19(9-12-3-5-14(18)6-4-12)17(20)16(13)15(8-11)21-2/h3-8H,9-10H2,1-2H3. The molecule has 3 rings (SSSR count). The van der Waals surface area contributed by atoms with Gasteiger partial charge >= 0.3 is 0 Å². The van der Waals surface area contributed by atoms with Crippen LogP contribution in [0.2, 0.25) is 5.02 Å². The highest BCUT2D eigenvalue weighted by Gasteiger charge is 2.30. The van der Waals surface area contributed by atoms with Crippen LogP contribution in [0.3, 0.4) is 0 Å². The van der Waals surface area contributed by atoms with Crippen molar-refractivity contribution in [2.24, 2.45) is 0 Å². The van der Waals surface area contributed by atoms with Crippen LogP contribution in [0, 0.1) is 6.92 Å². The molecule has 0 radical (unpaired) electrons. The van der Waals surface area contributed by atoms with E-state index in [2.05, 4.69) is 6.07 Å². The molecule has 0 bridgehead atoms. The fraction of sp³-hybridized carbons (Fsp3) is 0.235. The number of hydrogen-bond donors (Lipinski definition) is 0. The van der Waals surface area contributed by atoms with Crippen LogP contribution < -0.4 is 4.74 Å². The molecule has 108 valence electrons. The Morgan fingerprint density at radius 2 is 1.95 bits per heavy atom. The molecule has 0 fully saturated rings. The molecule has 3 nitrogen and oxygen atoms in total. The van der Waals surface area contributed by atoms with Crippen LogP contribution >= 0.6 is 11.6 Å². The lowest BCUT2D eigenvalue weighted by atomic mass is 10.1. The van der Waals surface area contributed by atoms with Crippen LogP contribution in [-0.4, -0.2) is 17.9 Å². The van der Waals surface area contributed by atoms with Crippen LogP contribution in [0.1, 0.15) is 27.0 Å². The number of rotatable bonds is 3. The van der Waals surface area contributed by atoms with E-state index in [4.69, 9.17) is 16.3 Å². The van der Waals surface area contributed by atoms with Gasteiger partial charge in [-0.15, -0.1) is 0 Å². The van der Waals surface area contributed by atoms with Gasteiger partial charge in [0.2, 0.25) is 0 Å². The molecule has 1 amide bonds. The number of benzene rings is 2. The summed E-state index contributed by atoms with van der Waals surface area (Å²) in [5, 5.41) is 0.701. The fourth-order valence-corrected chi connectivity index (χ4v) is 2.85. The first kappa shape index (κ1) is 14.0. The Bertz CT molecular complexity index is 695. The zero-order valence-electron chi connectivity index (χ0n) is 12.0. The van der Waals surface area contributed by atoms with Gasteiger partial charge in [0.1, 0.15) is 5.75 Å². The highest BCUT2D eigenvalue weighted by molar-refractivity contribution is 6.30. The first-order chi connectivity index (χ1) is 10.1. The second-order valence-electron chi connectivity index (χ2n) is 5.29. The summed E-state index contributed by atoms with van der Waals surface area (Å²) < 4.78 is 5.36. The molecule has 0 aromatic heterocycles. The van der Waals surface area contributed by atoms with Crippen molar-refractivity contribution in [2.75, 3.05) is 7.11 Å². The summed E-state index contributed by atoms with van der Waals surface area (Å²) in [6.07, 6.45) is 0. The van der Waals surface area contributed by atoms with Gasteiger partial charge in [0.15, 0.2) is 0 Å². The molecule has 1 heterocycles. The lowest BCUT2D eigenvalue weighted by Crippen LogP contribution is -2.23. The molecule has 0 saturated heterocycles. The topological polar surface area (TPSA) is 29.5 Å². The van der Waals surface area contributed by atoms with E-state index in [1.165, 1.54) is 0 Å². The molecule has 0 unspecified atom stereocenters. The van der Waals surface area contributed by atoms with Crippen LogP contribution in [-0.2, 0) is 13.1 Å². The lowest BCUT2D eigenvalue weighted by Gasteiger charge is -2.15. The molecular weight excluding hydrogens is 286 g/mol. The fourth-order valence-electron chi connectivity index (χ4n) is 2.73. The smallest absolute Gasteiger partial charge is 0.258 e. The molecular formula is C17H16ClNO2. The monoisotopic (exact) mass is 301 g/mol. The van der Waals surface area contributed by atoms with Crippen molar-refractivity contribution >= 4 is 17.5 Å². The normalized spacial score (nSPS) is 13.5. The summed E-state index contributed by atoms with van der Waals surface area (Å²) in [4.78, 5) is 14.4. The molecule has 1 aliphatic heterocycles. The molecule has 0 aliphatic carbocycles. The van der Waals surface area contributed by atoms with Gasteiger partial charge < -0.3 is 9.64 Å². The van der Waals surface area contributed by atoms with Gasteiger partial charge in [-0.05, 0) is 41.8 Å². The molecule has 2 aromatic carbocycles. The molecule has 0 saturated carbocycles. The summed E-state index contributed by atoms with van der Waals surface area (Å²) in [6.45, 7) is 3.21. The molecule has 1 aliphatic rings.